The van der Waals surface area contributed by atoms with E-state index in [1.54, 1.807) is 0 Å². The molecule has 2 rings (SSSR count). The van der Waals surface area contributed by atoms with Crippen LogP contribution in [0.15, 0.2) is 12.3 Å². The minimum Gasteiger partial charge on any atom is -0.353 e. The molecule has 0 amide bonds. The van der Waals surface area contributed by atoms with Crippen LogP contribution >= 0.6 is 0 Å². The van der Waals surface area contributed by atoms with Crippen LogP contribution in [0.3, 0.4) is 0 Å². The molecule has 12 heavy (non-hydrogen) atoms. The summed E-state index contributed by atoms with van der Waals surface area (Å²) < 4.78 is 0. The average Bonchev–Trinajstić information content (AvgIpc) is 2.74. The van der Waals surface area contributed by atoms with Crippen LogP contribution in [0.4, 0.5) is 0 Å². The second kappa shape index (κ2) is 3.00. The van der Waals surface area contributed by atoms with Crippen LogP contribution in [0.1, 0.15) is 30.1 Å². The molecule has 0 unspecified atom stereocenters. The Morgan fingerprint density at radius 1 is 1.58 bits per heavy atom. The van der Waals surface area contributed by atoms with Gasteiger partial charge in [0.1, 0.15) is 11.8 Å². The van der Waals surface area contributed by atoms with Gasteiger partial charge in [-0.2, -0.15) is 5.26 Å². The van der Waals surface area contributed by atoms with Gasteiger partial charge in [-0.15, -0.1) is 0 Å². The Morgan fingerprint density at radius 3 is 3.17 bits per heavy atom. The van der Waals surface area contributed by atoms with Gasteiger partial charge in [0.05, 0.1) is 0 Å². The fourth-order valence-corrected chi connectivity index (χ4v) is 1.72. The van der Waals surface area contributed by atoms with Crippen molar-refractivity contribution in [3.8, 4) is 6.07 Å². The van der Waals surface area contributed by atoms with Gasteiger partial charge in [0.2, 0.25) is 0 Å². The van der Waals surface area contributed by atoms with Crippen LogP contribution in [-0.2, 0) is 0 Å². The van der Waals surface area contributed by atoms with E-state index in [9.17, 15) is 0 Å². The number of H-pyrrole nitrogens is 1. The van der Waals surface area contributed by atoms with Gasteiger partial charge < -0.3 is 10.3 Å². The summed E-state index contributed by atoms with van der Waals surface area (Å²) in [5.41, 5.74) is 1.82. The molecule has 2 N–H and O–H groups in total. The highest BCUT2D eigenvalue weighted by Gasteiger charge is 2.19. The molecule has 2 heterocycles. The molecule has 0 saturated carbocycles. The van der Waals surface area contributed by atoms with E-state index in [0.717, 1.165) is 18.5 Å². The highest BCUT2D eigenvalue weighted by atomic mass is 14.9. The number of nitrogens with one attached hydrogen (secondary N) is 2. The van der Waals surface area contributed by atoms with Gasteiger partial charge in [0.25, 0.3) is 0 Å². The maximum Gasteiger partial charge on any atom is 0.122 e. The summed E-state index contributed by atoms with van der Waals surface area (Å²) >= 11 is 0. The summed E-state index contributed by atoms with van der Waals surface area (Å²) in [5.74, 6) is 0. The Balaban J connectivity index is 2.27. The largest absolute Gasteiger partial charge is 0.353 e. The number of hydrogen-bond acceptors (Lipinski definition) is 2. The molecule has 0 radical (unpaired) electrons. The lowest BCUT2D eigenvalue weighted by Crippen LogP contribution is -2.13. The maximum atomic E-state index is 8.76. The van der Waals surface area contributed by atoms with Crippen molar-refractivity contribution in [1.29, 1.82) is 5.26 Å². The lowest BCUT2D eigenvalue weighted by atomic mass is 10.1. The van der Waals surface area contributed by atoms with Crippen molar-refractivity contribution in [2.75, 3.05) is 6.54 Å². The van der Waals surface area contributed by atoms with Gasteiger partial charge in [0, 0.05) is 17.8 Å². The normalized spacial score (nSPS) is 22.4. The lowest BCUT2D eigenvalue weighted by Gasteiger charge is -2.07. The third-order valence-electron chi connectivity index (χ3n) is 2.33. The third-order valence-corrected chi connectivity index (χ3v) is 2.33. The molecule has 1 saturated heterocycles. The van der Waals surface area contributed by atoms with Gasteiger partial charge in [-0.3, -0.25) is 0 Å². The first kappa shape index (κ1) is 7.38. The minimum absolute atomic E-state index is 0.394. The Labute approximate surface area is 71.4 Å². The van der Waals surface area contributed by atoms with E-state index in [2.05, 4.69) is 16.4 Å². The van der Waals surface area contributed by atoms with Gasteiger partial charge in [-0.05, 0) is 25.5 Å². The van der Waals surface area contributed by atoms with Crippen molar-refractivity contribution in [2.24, 2.45) is 0 Å². The second-order valence-electron chi connectivity index (χ2n) is 3.07. The predicted molar refractivity (Wildman–Crippen MR) is 45.5 cm³/mol. The lowest BCUT2D eigenvalue weighted by molar-refractivity contribution is 0.647. The molecule has 0 aromatic carbocycles. The number of hydrogen-bond donors (Lipinski definition) is 2. The molecular formula is C9H11N3. The van der Waals surface area contributed by atoms with Crippen molar-refractivity contribution in [3.63, 3.8) is 0 Å². The van der Waals surface area contributed by atoms with Crippen molar-refractivity contribution in [3.05, 3.63) is 23.5 Å². The van der Waals surface area contributed by atoms with Crippen molar-refractivity contribution >= 4 is 0 Å². The Morgan fingerprint density at radius 2 is 2.50 bits per heavy atom. The first-order valence-corrected chi connectivity index (χ1v) is 4.22. The van der Waals surface area contributed by atoms with E-state index in [-0.39, 0.29) is 0 Å². The number of nitriles is 1. The van der Waals surface area contributed by atoms with E-state index >= 15 is 0 Å². The highest BCUT2D eigenvalue weighted by molar-refractivity contribution is 5.34. The van der Waals surface area contributed by atoms with E-state index in [1.165, 1.54) is 6.42 Å². The summed E-state index contributed by atoms with van der Waals surface area (Å²) in [6.07, 6.45) is 4.18. The highest BCUT2D eigenvalue weighted by Crippen LogP contribution is 2.24. The van der Waals surface area contributed by atoms with Gasteiger partial charge >= 0.3 is 0 Å². The van der Waals surface area contributed by atoms with E-state index in [0.29, 0.717) is 11.7 Å². The summed E-state index contributed by atoms with van der Waals surface area (Å²) in [6, 6.07) is 4.54. The quantitative estimate of drug-likeness (QED) is 0.652. The average molecular weight is 161 g/mol. The fraction of sp³-hybridized carbons (Fsp3) is 0.444. The van der Waals surface area contributed by atoms with E-state index in [4.69, 9.17) is 5.26 Å². The van der Waals surface area contributed by atoms with Crippen molar-refractivity contribution < 1.29 is 0 Å². The zero-order valence-corrected chi connectivity index (χ0v) is 6.80. The van der Waals surface area contributed by atoms with Crippen LogP contribution in [0.2, 0.25) is 0 Å². The summed E-state index contributed by atoms with van der Waals surface area (Å²) in [6.45, 7) is 1.07. The van der Waals surface area contributed by atoms with E-state index < -0.39 is 0 Å². The smallest absolute Gasteiger partial charge is 0.122 e. The standard InChI is InChI=1S/C9H11N3/c10-6-9-7(3-5-12-9)8-2-1-4-11-8/h3,5,8,11-12H,1-2,4H2/t8-/m0/s1. The van der Waals surface area contributed by atoms with Crippen LogP contribution < -0.4 is 5.32 Å². The predicted octanol–water partition coefficient (Wildman–Crippen LogP) is 1.31. The fourth-order valence-electron chi connectivity index (χ4n) is 1.72. The molecule has 3 nitrogen and oxygen atoms in total. The molecule has 0 aliphatic carbocycles. The Bertz CT molecular complexity index is 302. The zero-order valence-electron chi connectivity index (χ0n) is 6.80. The molecule has 3 heteroatoms. The molecular weight excluding hydrogens is 150 g/mol. The van der Waals surface area contributed by atoms with Gasteiger partial charge in [-0.1, -0.05) is 0 Å². The van der Waals surface area contributed by atoms with Crippen LogP contribution in [0.5, 0.6) is 0 Å². The maximum absolute atomic E-state index is 8.76. The van der Waals surface area contributed by atoms with Crippen LogP contribution in [0.25, 0.3) is 0 Å². The van der Waals surface area contributed by atoms with Gasteiger partial charge in [-0.25, -0.2) is 0 Å². The summed E-state index contributed by atoms with van der Waals surface area (Å²) in [5, 5.41) is 12.1. The molecule has 0 bridgehead atoms. The number of nitrogens with zero attached hydrogens (tertiary/aromatic N) is 1. The minimum atomic E-state index is 0.394. The molecule has 1 aromatic heterocycles. The molecule has 62 valence electrons. The number of aromatic nitrogens is 1. The van der Waals surface area contributed by atoms with Crippen LogP contribution in [0, 0.1) is 11.3 Å². The summed E-state index contributed by atoms with van der Waals surface area (Å²) in [7, 11) is 0. The van der Waals surface area contributed by atoms with Gasteiger partial charge in [0.15, 0.2) is 0 Å². The third kappa shape index (κ3) is 1.10. The SMILES string of the molecule is N#Cc1[nH]ccc1[C@@H]1CCCN1. The molecule has 1 aliphatic rings. The van der Waals surface area contributed by atoms with Crippen molar-refractivity contribution in [1.82, 2.24) is 10.3 Å². The number of aromatic amines is 1. The Kier molecular flexibility index (Phi) is 1.84. The monoisotopic (exact) mass is 161 g/mol. The molecule has 1 atom stereocenters. The number of rotatable bonds is 1. The first-order valence-electron chi connectivity index (χ1n) is 4.22. The molecule has 1 aliphatic heterocycles. The molecule has 1 aromatic rings. The second-order valence-corrected chi connectivity index (χ2v) is 3.07. The van der Waals surface area contributed by atoms with Crippen molar-refractivity contribution in [2.45, 2.75) is 18.9 Å². The van der Waals surface area contributed by atoms with E-state index in [1.807, 2.05) is 12.3 Å². The topological polar surface area (TPSA) is 51.6 Å². The summed E-state index contributed by atoms with van der Waals surface area (Å²) in [4.78, 5) is 2.93. The molecule has 1 fully saturated rings. The zero-order chi connectivity index (χ0) is 8.39. The molecule has 0 spiro atoms. The Hall–Kier alpha value is -1.27. The first-order chi connectivity index (χ1) is 5.92. The van der Waals surface area contributed by atoms with Crippen LogP contribution in [-0.4, -0.2) is 11.5 Å².